The summed E-state index contributed by atoms with van der Waals surface area (Å²) in [5, 5.41) is 3.46. The number of likely N-dealkylation sites (tertiary alicyclic amines) is 1. The van der Waals surface area contributed by atoms with Crippen molar-refractivity contribution in [2.45, 2.75) is 6.42 Å². The molecule has 21 heavy (non-hydrogen) atoms. The third kappa shape index (κ3) is 3.76. The standard InChI is InChI=1S/C16H23N3O.ClH/c1-18(15-5-3-2-4-6-15)16(20)12-19-8-7-13-9-17-10-14(13)11-19;/h2-6,13-14,17H,7-12H2,1H3;1H. The van der Waals surface area contributed by atoms with Crippen molar-refractivity contribution in [2.75, 3.05) is 44.7 Å². The van der Waals surface area contributed by atoms with Gasteiger partial charge in [0.15, 0.2) is 0 Å². The average Bonchev–Trinajstić information content (AvgIpc) is 2.95. The minimum absolute atomic E-state index is 0. The Kier molecular flexibility index (Phi) is 5.62. The molecule has 1 aromatic carbocycles. The Balaban J connectivity index is 0.00000161. The van der Waals surface area contributed by atoms with E-state index in [2.05, 4.69) is 10.2 Å². The first kappa shape index (κ1) is 16.3. The van der Waals surface area contributed by atoms with Crippen molar-refractivity contribution >= 4 is 24.0 Å². The summed E-state index contributed by atoms with van der Waals surface area (Å²) >= 11 is 0. The van der Waals surface area contributed by atoms with E-state index < -0.39 is 0 Å². The lowest BCUT2D eigenvalue weighted by Crippen LogP contribution is -2.45. The highest BCUT2D eigenvalue weighted by Gasteiger charge is 2.33. The summed E-state index contributed by atoms with van der Waals surface area (Å²) in [7, 11) is 1.86. The molecule has 0 aliphatic carbocycles. The predicted octanol–water partition coefficient (Wildman–Crippen LogP) is 1.61. The number of fused-ring (bicyclic) bond motifs is 1. The van der Waals surface area contributed by atoms with E-state index in [1.54, 1.807) is 4.90 Å². The number of carbonyl (C=O) groups excluding carboxylic acids is 1. The van der Waals surface area contributed by atoms with E-state index in [0.29, 0.717) is 6.54 Å². The van der Waals surface area contributed by atoms with Crippen molar-refractivity contribution in [3.8, 4) is 0 Å². The van der Waals surface area contributed by atoms with E-state index in [4.69, 9.17) is 0 Å². The first-order valence-corrected chi connectivity index (χ1v) is 7.48. The van der Waals surface area contributed by atoms with Gasteiger partial charge >= 0.3 is 0 Å². The lowest BCUT2D eigenvalue weighted by Gasteiger charge is -2.34. The van der Waals surface area contributed by atoms with Gasteiger partial charge in [-0.05, 0) is 50.0 Å². The zero-order chi connectivity index (χ0) is 13.9. The number of amides is 1. The molecule has 2 saturated heterocycles. The molecule has 4 nitrogen and oxygen atoms in total. The fourth-order valence-electron chi connectivity index (χ4n) is 3.35. The number of para-hydroxylation sites is 1. The molecule has 1 amide bonds. The highest BCUT2D eigenvalue weighted by atomic mass is 35.5. The molecule has 2 fully saturated rings. The van der Waals surface area contributed by atoms with Crippen LogP contribution in [0, 0.1) is 11.8 Å². The van der Waals surface area contributed by atoms with E-state index in [-0.39, 0.29) is 18.3 Å². The second kappa shape index (κ2) is 7.25. The molecule has 2 aliphatic rings. The third-order valence-corrected chi connectivity index (χ3v) is 4.67. The van der Waals surface area contributed by atoms with E-state index >= 15 is 0 Å². The molecule has 2 atom stereocenters. The fraction of sp³-hybridized carbons (Fsp3) is 0.562. The average molecular weight is 310 g/mol. The maximum absolute atomic E-state index is 12.4. The number of piperidine rings is 1. The van der Waals surface area contributed by atoms with Crippen LogP contribution < -0.4 is 10.2 Å². The Morgan fingerprint density at radius 1 is 1.29 bits per heavy atom. The summed E-state index contributed by atoms with van der Waals surface area (Å²) in [6.07, 6.45) is 1.22. The summed E-state index contributed by atoms with van der Waals surface area (Å²) in [5.41, 5.74) is 0.968. The molecule has 0 aromatic heterocycles. The molecule has 3 rings (SSSR count). The summed E-state index contributed by atoms with van der Waals surface area (Å²) in [6, 6.07) is 9.86. The zero-order valence-corrected chi connectivity index (χ0v) is 13.3. The van der Waals surface area contributed by atoms with Crippen molar-refractivity contribution in [1.82, 2.24) is 10.2 Å². The maximum atomic E-state index is 12.4. The van der Waals surface area contributed by atoms with E-state index in [9.17, 15) is 4.79 Å². The van der Waals surface area contributed by atoms with Gasteiger partial charge in [0, 0.05) is 19.3 Å². The largest absolute Gasteiger partial charge is 0.316 e. The number of nitrogens with one attached hydrogen (secondary N) is 1. The van der Waals surface area contributed by atoms with Crippen LogP contribution in [0.25, 0.3) is 0 Å². The number of hydrogen-bond acceptors (Lipinski definition) is 3. The Bertz CT molecular complexity index is 468. The number of likely N-dealkylation sites (N-methyl/N-ethyl adjacent to an activating group) is 1. The Hall–Kier alpha value is -1.10. The van der Waals surface area contributed by atoms with E-state index in [0.717, 1.165) is 43.7 Å². The first-order valence-electron chi connectivity index (χ1n) is 7.48. The van der Waals surface area contributed by atoms with Gasteiger partial charge < -0.3 is 10.2 Å². The molecule has 0 saturated carbocycles. The van der Waals surface area contributed by atoms with Crippen molar-refractivity contribution in [1.29, 1.82) is 0 Å². The fourth-order valence-corrected chi connectivity index (χ4v) is 3.35. The highest BCUT2D eigenvalue weighted by molar-refractivity contribution is 5.94. The summed E-state index contributed by atoms with van der Waals surface area (Å²) in [4.78, 5) is 16.5. The van der Waals surface area contributed by atoms with Gasteiger partial charge in [-0.3, -0.25) is 9.69 Å². The lowest BCUT2D eigenvalue weighted by atomic mass is 9.89. The lowest BCUT2D eigenvalue weighted by molar-refractivity contribution is -0.120. The number of carbonyl (C=O) groups is 1. The second-order valence-corrected chi connectivity index (χ2v) is 5.99. The molecule has 116 valence electrons. The van der Waals surface area contributed by atoms with Gasteiger partial charge in [0.1, 0.15) is 0 Å². The Morgan fingerprint density at radius 3 is 2.76 bits per heavy atom. The quantitative estimate of drug-likeness (QED) is 0.921. The van der Waals surface area contributed by atoms with Crippen LogP contribution in [0.3, 0.4) is 0 Å². The van der Waals surface area contributed by atoms with E-state index in [1.165, 1.54) is 6.42 Å². The van der Waals surface area contributed by atoms with Crippen molar-refractivity contribution < 1.29 is 4.79 Å². The summed E-state index contributed by atoms with van der Waals surface area (Å²) in [6.45, 7) is 4.93. The smallest absolute Gasteiger partial charge is 0.240 e. The van der Waals surface area contributed by atoms with Crippen LogP contribution in [0.15, 0.2) is 30.3 Å². The normalized spacial score (nSPS) is 25.0. The van der Waals surface area contributed by atoms with Gasteiger partial charge in [0.05, 0.1) is 6.54 Å². The van der Waals surface area contributed by atoms with Crippen LogP contribution in [0.1, 0.15) is 6.42 Å². The van der Waals surface area contributed by atoms with Gasteiger partial charge in [-0.25, -0.2) is 0 Å². The molecule has 5 heteroatoms. The summed E-state index contributed by atoms with van der Waals surface area (Å²) < 4.78 is 0. The van der Waals surface area contributed by atoms with Crippen molar-refractivity contribution in [2.24, 2.45) is 11.8 Å². The third-order valence-electron chi connectivity index (χ3n) is 4.67. The molecule has 0 spiro atoms. The van der Waals surface area contributed by atoms with Crippen LogP contribution in [-0.4, -0.2) is 50.6 Å². The molecule has 0 radical (unpaired) electrons. The molecule has 0 bridgehead atoms. The predicted molar refractivity (Wildman–Crippen MR) is 88.0 cm³/mol. The zero-order valence-electron chi connectivity index (χ0n) is 12.5. The Labute approximate surface area is 132 Å². The minimum Gasteiger partial charge on any atom is -0.316 e. The topological polar surface area (TPSA) is 35.6 Å². The number of hydrogen-bond donors (Lipinski definition) is 1. The number of benzene rings is 1. The molecule has 2 heterocycles. The number of halogens is 1. The molecule has 2 aliphatic heterocycles. The summed E-state index contributed by atoms with van der Waals surface area (Å²) in [5.74, 6) is 1.74. The van der Waals surface area contributed by atoms with Gasteiger partial charge in [-0.2, -0.15) is 0 Å². The molecular formula is C16H24ClN3O. The SMILES string of the molecule is CN(C(=O)CN1CCC2CNCC2C1)c1ccccc1.Cl. The molecule has 1 aromatic rings. The monoisotopic (exact) mass is 309 g/mol. The van der Waals surface area contributed by atoms with Crippen molar-refractivity contribution in [3.05, 3.63) is 30.3 Å². The van der Waals surface area contributed by atoms with Crippen LogP contribution in [0.4, 0.5) is 5.69 Å². The van der Waals surface area contributed by atoms with Crippen LogP contribution in [-0.2, 0) is 4.79 Å². The first-order chi connectivity index (χ1) is 9.74. The van der Waals surface area contributed by atoms with Gasteiger partial charge in [-0.15, -0.1) is 12.4 Å². The highest BCUT2D eigenvalue weighted by Crippen LogP contribution is 2.26. The van der Waals surface area contributed by atoms with Gasteiger partial charge in [0.25, 0.3) is 0 Å². The van der Waals surface area contributed by atoms with Gasteiger partial charge in [0.2, 0.25) is 5.91 Å². The molecular weight excluding hydrogens is 286 g/mol. The number of rotatable bonds is 3. The maximum Gasteiger partial charge on any atom is 0.240 e. The van der Waals surface area contributed by atoms with Crippen LogP contribution >= 0.6 is 12.4 Å². The minimum atomic E-state index is 0. The van der Waals surface area contributed by atoms with E-state index in [1.807, 2.05) is 37.4 Å². The number of nitrogens with zero attached hydrogens (tertiary/aromatic N) is 2. The van der Waals surface area contributed by atoms with Crippen molar-refractivity contribution in [3.63, 3.8) is 0 Å². The molecule has 2 unspecified atom stereocenters. The second-order valence-electron chi connectivity index (χ2n) is 5.99. The Morgan fingerprint density at radius 2 is 2.00 bits per heavy atom. The van der Waals surface area contributed by atoms with Gasteiger partial charge in [-0.1, -0.05) is 18.2 Å². The van der Waals surface area contributed by atoms with Crippen LogP contribution in [0.2, 0.25) is 0 Å². The van der Waals surface area contributed by atoms with Crippen LogP contribution in [0.5, 0.6) is 0 Å². The molecule has 1 N–H and O–H groups in total. The number of anilines is 1.